The molecule has 2 aromatic rings. The summed E-state index contributed by atoms with van der Waals surface area (Å²) in [5.41, 5.74) is 1.19. The first-order valence-corrected chi connectivity index (χ1v) is 8.99. The monoisotopic (exact) mass is 346 g/mol. The summed E-state index contributed by atoms with van der Waals surface area (Å²) >= 11 is 6.01. The molecule has 1 atom stereocenters. The van der Waals surface area contributed by atoms with Crippen LogP contribution in [0.3, 0.4) is 0 Å². The number of carbonyl (C=O) groups is 1. The van der Waals surface area contributed by atoms with Crippen LogP contribution >= 0.6 is 11.6 Å². The van der Waals surface area contributed by atoms with Crippen molar-refractivity contribution in [3.05, 3.63) is 47.5 Å². The van der Waals surface area contributed by atoms with E-state index in [0.29, 0.717) is 6.42 Å². The number of hydrogen-bond donors (Lipinski definition) is 0. The molecule has 2 heterocycles. The molecule has 3 rings (SSSR count). The zero-order valence-corrected chi connectivity index (χ0v) is 14.5. The largest absolute Gasteiger partial charge is 0.336 e. The molecule has 1 aliphatic rings. The van der Waals surface area contributed by atoms with Gasteiger partial charge in [0, 0.05) is 24.5 Å². The van der Waals surface area contributed by atoms with E-state index < -0.39 is 0 Å². The first-order valence-electron chi connectivity index (χ1n) is 8.61. The lowest BCUT2D eigenvalue weighted by atomic mass is 10.0. The van der Waals surface area contributed by atoms with Gasteiger partial charge in [0.25, 0.3) is 0 Å². The van der Waals surface area contributed by atoms with Crippen molar-refractivity contribution >= 4 is 17.5 Å². The molecule has 1 aliphatic heterocycles. The van der Waals surface area contributed by atoms with E-state index in [1.165, 1.54) is 18.3 Å². The van der Waals surface area contributed by atoms with Gasteiger partial charge in [-0.25, -0.2) is 4.98 Å². The minimum Gasteiger partial charge on any atom is -0.336 e. The lowest BCUT2D eigenvalue weighted by Crippen LogP contribution is -2.34. The van der Waals surface area contributed by atoms with Gasteiger partial charge >= 0.3 is 0 Å². The van der Waals surface area contributed by atoms with Gasteiger partial charge < -0.3 is 4.90 Å². The van der Waals surface area contributed by atoms with Gasteiger partial charge in [-0.2, -0.15) is 5.10 Å². The Bertz CT molecular complexity index is 642. The average Bonchev–Trinajstić information content (AvgIpc) is 2.98. The van der Waals surface area contributed by atoms with Crippen molar-refractivity contribution in [3.8, 4) is 0 Å². The Morgan fingerprint density at radius 3 is 2.79 bits per heavy atom. The third-order valence-corrected chi connectivity index (χ3v) is 4.82. The third kappa shape index (κ3) is 4.35. The highest BCUT2D eigenvalue weighted by Crippen LogP contribution is 2.31. The Morgan fingerprint density at radius 1 is 1.21 bits per heavy atom. The van der Waals surface area contributed by atoms with Crippen molar-refractivity contribution in [3.63, 3.8) is 0 Å². The summed E-state index contributed by atoms with van der Waals surface area (Å²) in [4.78, 5) is 18.8. The van der Waals surface area contributed by atoms with Gasteiger partial charge in [0.05, 0.1) is 6.04 Å². The Morgan fingerprint density at radius 2 is 2.04 bits per heavy atom. The second-order valence-corrected chi connectivity index (χ2v) is 6.70. The van der Waals surface area contributed by atoms with Crippen LogP contribution in [0.25, 0.3) is 0 Å². The number of halogens is 1. The minimum atomic E-state index is 0.170. The van der Waals surface area contributed by atoms with Crippen molar-refractivity contribution in [1.82, 2.24) is 19.7 Å². The van der Waals surface area contributed by atoms with Crippen molar-refractivity contribution in [2.45, 2.75) is 51.1 Å². The van der Waals surface area contributed by atoms with E-state index in [1.807, 2.05) is 24.3 Å². The van der Waals surface area contributed by atoms with E-state index in [1.54, 1.807) is 11.0 Å². The molecule has 6 heteroatoms. The fraction of sp³-hybridized carbons (Fsp3) is 0.500. The van der Waals surface area contributed by atoms with Crippen molar-refractivity contribution in [1.29, 1.82) is 0 Å². The SMILES string of the molecule is O=C(CCCn1cncn1)N1CCCCC[C@H]1c1ccc(Cl)cc1. The van der Waals surface area contributed by atoms with Gasteiger partial charge in [0.15, 0.2) is 0 Å². The molecule has 1 saturated heterocycles. The Hall–Kier alpha value is -1.88. The average molecular weight is 347 g/mol. The van der Waals surface area contributed by atoms with E-state index in [4.69, 9.17) is 11.6 Å². The van der Waals surface area contributed by atoms with Crippen molar-refractivity contribution < 1.29 is 4.79 Å². The van der Waals surface area contributed by atoms with E-state index in [2.05, 4.69) is 15.0 Å². The van der Waals surface area contributed by atoms with Crippen LogP contribution in [0.5, 0.6) is 0 Å². The second kappa shape index (κ2) is 8.29. The molecule has 5 nitrogen and oxygen atoms in total. The molecule has 0 radical (unpaired) electrons. The predicted molar refractivity (Wildman–Crippen MR) is 93.6 cm³/mol. The lowest BCUT2D eigenvalue weighted by molar-refractivity contribution is -0.133. The van der Waals surface area contributed by atoms with Gasteiger partial charge in [-0.1, -0.05) is 36.6 Å². The van der Waals surface area contributed by atoms with Crippen LogP contribution in [0, 0.1) is 0 Å². The molecule has 24 heavy (non-hydrogen) atoms. The van der Waals surface area contributed by atoms with Crippen LogP contribution in [-0.4, -0.2) is 32.1 Å². The fourth-order valence-corrected chi connectivity index (χ4v) is 3.45. The normalized spacial score (nSPS) is 18.4. The molecule has 0 aliphatic carbocycles. The molecule has 0 spiro atoms. The third-order valence-electron chi connectivity index (χ3n) is 4.57. The molecule has 0 N–H and O–H groups in total. The molecule has 128 valence electrons. The standard InChI is InChI=1S/C18H23ClN4O/c19-16-9-7-15(8-10-16)17-5-2-1-3-12-23(17)18(24)6-4-11-22-14-20-13-21-22/h7-10,13-14,17H,1-6,11-12H2/t17-/m0/s1. The highest BCUT2D eigenvalue weighted by atomic mass is 35.5. The summed E-state index contributed by atoms with van der Waals surface area (Å²) in [7, 11) is 0. The van der Waals surface area contributed by atoms with Crippen LogP contribution in [0.4, 0.5) is 0 Å². The number of likely N-dealkylation sites (tertiary alicyclic amines) is 1. The number of carbonyl (C=O) groups excluding carboxylic acids is 1. The Labute approximate surface area is 147 Å². The molecule has 1 fully saturated rings. The predicted octanol–water partition coefficient (Wildman–Crippen LogP) is 3.86. The van der Waals surface area contributed by atoms with Crippen molar-refractivity contribution in [2.24, 2.45) is 0 Å². The van der Waals surface area contributed by atoms with Crippen molar-refractivity contribution in [2.75, 3.05) is 6.54 Å². The molecule has 1 amide bonds. The molecular formula is C18H23ClN4O. The van der Waals surface area contributed by atoms with E-state index in [9.17, 15) is 4.79 Å². The molecule has 0 saturated carbocycles. The summed E-state index contributed by atoms with van der Waals surface area (Å²) in [6.07, 6.45) is 8.99. The fourth-order valence-electron chi connectivity index (χ4n) is 3.32. The van der Waals surface area contributed by atoms with Gasteiger partial charge in [0.2, 0.25) is 5.91 Å². The summed E-state index contributed by atoms with van der Waals surface area (Å²) in [5, 5.41) is 4.81. The minimum absolute atomic E-state index is 0.170. The number of benzene rings is 1. The van der Waals surface area contributed by atoms with Crippen LogP contribution in [0.2, 0.25) is 5.02 Å². The van der Waals surface area contributed by atoms with E-state index in [0.717, 1.165) is 43.8 Å². The van der Waals surface area contributed by atoms with E-state index >= 15 is 0 Å². The number of amides is 1. The zero-order valence-electron chi connectivity index (χ0n) is 13.8. The Balaban J connectivity index is 1.64. The van der Waals surface area contributed by atoms with Crippen LogP contribution in [0.1, 0.15) is 50.1 Å². The maximum atomic E-state index is 12.8. The van der Waals surface area contributed by atoms with Crippen LogP contribution in [0.15, 0.2) is 36.9 Å². The summed E-state index contributed by atoms with van der Waals surface area (Å²) in [6, 6.07) is 8.09. The number of aryl methyl sites for hydroxylation is 1. The quantitative estimate of drug-likeness (QED) is 0.826. The first-order chi connectivity index (χ1) is 11.7. The molecule has 1 aromatic heterocycles. The Kier molecular flexibility index (Phi) is 5.86. The summed E-state index contributed by atoms with van der Waals surface area (Å²) in [5.74, 6) is 0.233. The number of hydrogen-bond acceptors (Lipinski definition) is 3. The second-order valence-electron chi connectivity index (χ2n) is 6.27. The van der Waals surface area contributed by atoms with E-state index in [-0.39, 0.29) is 11.9 Å². The van der Waals surface area contributed by atoms with Crippen LogP contribution in [-0.2, 0) is 11.3 Å². The highest BCUT2D eigenvalue weighted by molar-refractivity contribution is 6.30. The van der Waals surface area contributed by atoms with Crippen LogP contribution < -0.4 is 0 Å². The topological polar surface area (TPSA) is 51.0 Å². The lowest BCUT2D eigenvalue weighted by Gasteiger charge is -2.30. The summed E-state index contributed by atoms with van der Waals surface area (Å²) < 4.78 is 1.77. The number of aromatic nitrogens is 3. The summed E-state index contributed by atoms with van der Waals surface area (Å²) in [6.45, 7) is 1.57. The van der Waals surface area contributed by atoms with Gasteiger partial charge in [-0.15, -0.1) is 0 Å². The van der Waals surface area contributed by atoms with Gasteiger partial charge in [-0.05, 0) is 37.0 Å². The first kappa shape index (κ1) is 17.0. The van der Waals surface area contributed by atoms with Gasteiger partial charge in [0.1, 0.15) is 12.7 Å². The zero-order chi connectivity index (χ0) is 16.8. The smallest absolute Gasteiger partial charge is 0.223 e. The number of rotatable bonds is 5. The maximum Gasteiger partial charge on any atom is 0.223 e. The molecule has 0 unspecified atom stereocenters. The molecular weight excluding hydrogens is 324 g/mol. The molecule has 0 bridgehead atoms. The maximum absolute atomic E-state index is 12.8. The molecule has 1 aromatic carbocycles. The number of nitrogens with zero attached hydrogens (tertiary/aromatic N) is 4. The van der Waals surface area contributed by atoms with Gasteiger partial charge in [-0.3, -0.25) is 9.48 Å². The highest BCUT2D eigenvalue weighted by Gasteiger charge is 2.26.